The van der Waals surface area contributed by atoms with Crippen LogP contribution in [0.5, 0.6) is 0 Å². The molecule has 0 aliphatic rings. The van der Waals surface area contributed by atoms with Crippen molar-refractivity contribution in [1.29, 1.82) is 0 Å². The van der Waals surface area contributed by atoms with Crippen molar-refractivity contribution in [3.63, 3.8) is 0 Å². The zero-order chi connectivity index (χ0) is 14.5. The van der Waals surface area contributed by atoms with E-state index >= 15 is 0 Å². The van der Waals surface area contributed by atoms with Gasteiger partial charge < -0.3 is 5.32 Å². The topological polar surface area (TPSA) is 29.1 Å². The van der Waals surface area contributed by atoms with E-state index in [0.717, 1.165) is 10.0 Å². The van der Waals surface area contributed by atoms with Crippen LogP contribution >= 0.6 is 15.9 Å². The molecule has 2 nitrogen and oxygen atoms in total. The molecule has 20 heavy (non-hydrogen) atoms. The van der Waals surface area contributed by atoms with Gasteiger partial charge in [-0.25, -0.2) is 4.39 Å². The molecular formula is C16H13BrFNO. The first-order valence-electron chi connectivity index (χ1n) is 6.05. The van der Waals surface area contributed by atoms with Crippen molar-refractivity contribution >= 4 is 27.4 Å². The van der Waals surface area contributed by atoms with Gasteiger partial charge in [-0.1, -0.05) is 22.0 Å². The number of anilines is 1. The number of nitrogens with one attached hydrogen (secondary N) is 1. The minimum atomic E-state index is -0.351. The lowest BCUT2D eigenvalue weighted by molar-refractivity contribution is 0.104. The summed E-state index contributed by atoms with van der Waals surface area (Å²) in [5.41, 5.74) is 1.88. The second kappa shape index (κ2) is 6.48. The van der Waals surface area contributed by atoms with Crippen LogP contribution in [-0.4, -0.2) is 5.78 Å². The molecule has 1 N–H and O–H groups in total. The molecule has 0 radical (unpaired) electrons. The van der Waals surface area contributed by atoms with Crippen LogP contribution in [0.15, 0.2) is 59.2 Å². The molecule has 102 valence electrons. The van der Waals surface area contributed by atoms with Gasteiger partial charge >= 0.3 is 0 Å². The summed E-state index contributed by atoms with van der Waals surface area (Å²) in [5, 5.41) is 2.78. The monoisotopic (exact) mass is 333 g/mol. The summed E-state index contributed by atoms with van der Waals surface area (Å²) in [7, 11) is 0. The number of halogens is 2. The van der Waals surface area contributed by atoms with Crippen LogP contribution in [0.2, 0.25) is 0 Å². The first-order chi connectivity index (χ1) is 9.56. The maximum Gasteiger partial charge on any atom is 0.187 e. The second-order valence-electron chi connectivity index (χ2n) is 4.33. The highest BCUT2D eigenvalue weighted by Crippen LogP contribution is 2.16. The van der Waals surface area contributed by atoms with Crippen molar-refractivity contribution in [3.8, 4) is 0 Å². The van der Waals surface area contributed by atoms with Crippen LogP contribution in [0.4, 0.5) is 10.1 Å². The lowest BCUT2D eigenvalue weighted by Gasteiger charge is -2.03. The maximum atomic E-state index is 13.5. The van der Waals surface area contributed by atoms with Gasteiger partial charge in [0.15, 0.2) is 5.78 Å². The maximum absolute atomic E-state index is 13.5. The number of ketones is 1. The van der Waals surface area contributed by atoms with Gasteiger partial charge in [0.25, 0.3) is 0 Å². The van der Waals surface area contributed by atoms with E-state index in [0.29, 0.717) is 11.3 Å². The normalized spacial score (nSPS) is 10.8. The summed E-state index contributed by atoms with van der Waals surface area (Å²) in [6, 6.07) is 11.8. The zero-order valence-corrected chi connectivity index (χ0v) is 12.4. The number of hydrogen-bond donors (Lipinski definition) is 1. The summed E-state index contributed by atoms with van der Waals surface area (Å²) >= 11 is 3.31. The Morgan fingerprint density at radius 2 is 1.90 bits per heavy atom. The van der Waals surface area contributed by atoms with Crippen LogP contribution in [0.3, 0.4) is 0 Å². The highest BCUT2D eigenvalue weighted by atomic mass is 79.9. The number of carbonyl (C=O) groups excluding carboxylic acids is 1. The molecule has 0 atom stereocenters. The summed E-state index contributed by atoms with van der Waals surface area (Å²) in [6.45, 7) is 1.88. The summed E-state index contributed by atoms with van der Waals surface area (Å²) in [6.07, 6.45) is 2.83. The van der Waals surface area contributed by atoms with Gasteiger partial charge in [0, 0.05) is 22.3 Å². The number of carbonyl (C=O) groups is 1. The lowest BCUT2D eigenvalue weighted by atomic mass is 10.1. The first-order valence-corrected chi connectivity index (χ1v) is 6.85. The molecule has 0 saturated carbocycles. The minimum absolute atomic E-state index is 0.141. The van der Waals surface area contributed by atoms with E-state index in [4.69, 9.17) is 0 Å². The van der Waals surface area contributed by atoms with E-state index in [-0.39, 0.29) is 11.6 Å². The Kier molecular flexibility index (Phi) is 4.69. The van der Waals surface area contributed by atoms with E-state index in [2.05, 4.69) is 21.2 Å². The fraction of sp³-hybridized carbons (Fsp3) is 0.0625. The van der Waals surface area contributed by atoms with Crippen LogP contribution < -0.4 is 5.32 Å². The first kappa shape index (κ1) is 14.5. The van der Waals surface area contributed by atoms with Gasteiger partial charge in [-0.15, -0.1) is 0 Å². The lowest BCUT2D eigenvalue weighted by Crippen LogP contribution is -1.97. The summed E-state index contributed by atoms with van der Waals surface area (Å²) < 4.78 is 14.4. The fourth-order valence-corrected chi connectivity index (χ4v) is 1.93. The van der Waals surface area contributed by atoms with Crippen molar-refractivity contribution in [2.45, 2.75) is 6.92 Å². The molecule has 0 heterocycles. The van der Waals surface area contributed by atoms with E-state index in [1.807, 2.05) is 6.92 Å². The van der Waals surface area contributed by atoms with Gasteiger partial charge in [-0.05, 0) is 48.9 Å². The standard InChI is InChI=1S/C16H13BrFNO/c1-11-2-7-14(18)15(10-11)19-9-8-16(20)12-3-5-13(17)6-4-12/h2-10,19H,1H3. The Bertz CT molecular complexity index is 650. The summed E-state index contributed by atoms with van der Waals surface area (Å²) in [5.74, 6) is -0.491. The average molecular weight is 334 g/mol. The van der Waals surface area contributed by atoms with E-state index in [1.165, 1.54) is 18.3 Å². The van der Waals surface area contributed by atoms with Crippen molar-refractivity contribution in [2.24, 2.45) is 0 Å². The molecule has 0 fully saturated rings. The third-order valence-electron chi connectivity index (χ3n) is 2.72. The molecule has 0 spiro atoms. The molecule has 0 bridgehead atoms. The van der Waals surface area contributed by atoms with Crippen LogP contribution in [0.1, 0.15) is 15.9 Å². The Morgan fingerprint density at radius 1 is 1.20 bits per heavy atom. The number of allylic oxidation sites excluding steroid dienone is 1. The van der Waals surface area contributed by atoms with Crippen molar-refractivity contribution in [2.75, 3.05) is 5.32 Å². The van der Waals surface area contributed by atoms with E-state index < -0.39 is 0 Å². The third-order valence-corrected chi connectivity index (χ3v) is 3.25. The fourth-order valence-electron chi connectivity index (χ4n) is 1.67. The van der Waals surface area contributed by atoms with Gasteiger partial charge in [0.2, 0.25) is 0 Å². The van der Waals surface area contributed by atoms with Crippen molar-refractivity contribution in [3.05, 3.63) is 76.2 Å². The molecule has 0 aliphatic heterocycles. The van der Waals surface area contributed by atoms with Gasteiger partial charge in [-0.3, -0.25) is 4.79 Å². The minimum Gasteiger partial charge on any atom is -0.359 e. The molecule has 4 heteroatoms. The van der Waals surface area contributed by atoms with Crippen molar-refractivity contribution in [1.82, 2.24) is 0 Å². The quantitative estimate of drug-likeness (QED) is 0.648. The van der Waals surface area contributed by atoms with E-state index in [9.17, 15) is 9.18 Å². The molecule has 0 aromatic heterocycles. The molecule has 2 aromatic carbocycles. The number of aryl methyl sites for hydroxylation is 1. The zero-order valence-electron chi connectivity index (χ0n) is 10.9. The van der Waals surface area contributed by atoms with Crippen molar-refractivity contribution < 1.29 is 9.18 Å². The van der Waals surface area contributed by atoms with Crippen LogP contribution in [0.25, 0.3) is 0 Å². The Morgan fingerprint density at radius 3 is 2.60 bits per heavy atom. The highest BCUT2D eigenvalue weighted by Gasteiger charge is 2.02. The van der Waals surface area contributed by atoms with Gasteiger partial charge in [-0.2, -0.15) is 0 Å². The van der Waals surface area contributed by atoms with Gasteiger partial charge in [0.05, 0.1) is 5.69 Å². The average Bonchev–Trinajstić information content (AvgIpc) is 2.43. The van der Waals surface area contributed by atoms with Crippen LogP contribution in [-0.2, 0) is 0 Å². The Labute approximate surface area is 125 Å². The molecule has 0 aliphatic carbocycles. The second-order valence-corrected chi connectivity index (χ2v) is 5.25. The van der Waals surface area contributed by atoms with Crippen LogP contribution in [0, 0.1) is 12.7 Å². The molecule has 2 aromatic rings. The third kappa shape index (κ3) is 3.78. The molecule has 0 unspecified atom stereocenters. The molecule has 0 amide bonds. The number of benzene rings is 2. The Hall–Kier alpha value is -1.94. The molecule has 2 rings (SSSR count). The predicted molar refractivity (Wildman–Crippen MR) is 82.4 cm³/mol. The smallest absolute Gasteiger partial charge is 0.187 e. The van der Waals surface area contributed by atoms with E-state index in [1.54, 1.807) is 36.4 Å². The molecule has 0 saturated heterocycles. The largest absolute Gasteiger partial charge is 0.359 e. The highest BCUT2D eigenvalue weighted by molar-refractivity contribution is 9.10. The number of hydrogen-bond acceptors (Lipinski definition) is 2. The Balaban J connectivity index is 2.04. The predicted octanol–water partition coefficient (Wildman–Crippen LogP) is 4.71. The SMILES string of the molecule is Cc1ccc(F)c(NC=CC(=O)c2ccc(Br)cc2)c1. The van der Waals surface area contributed by atoms with Gasteiger partial charge in [0.1, 0.15) is 5.82 Å². The molecular weight excluding hydrogens is 321 g/mol. The summed E-state index contributed by atoms with van der Waals surface area (Å²) in [4.78, 5) is 11.9. The number of rotatable bonds is 4.